The van der Waals surface area contributed by atoms with Crippen LogP contribution in [0.5, 0.6) is 0 Å². The van der Waals surface area contributed by atoms with E-state index in [9.17, 15) is 9.28 Å². The van der Waals surface area contributed by atoms with E-state index in [0.717, 1.165) is 0 Å². The minimum absolute atomic E-state index is 0.0457. The number of ether oxygens (including phenoxy) is 1. The molecule has 2 aliphatic rings. The topological polar surface area (TPSA) is 58.6 Å². The van der Waals surface area contributed by atoms with Crippen molar-refractivity contribution in [1.82, 2.24) is 9.97 Å². The molecule has 3 heterocycles. The number of carbonyl (C=O) groups is 1. The molecule has 0 bridgehead atoms. The van der Waals surface area contributed by atoms with E-state index >= 15 is 0 Å². The first-order valence-electron chi connectivity index (χ1n) is 7.19. The average Bonchev–Trinajstić information content (AvgIpc) is 2.57. The van der Waals surface area contributed by atoms with Crippen LogP contribution < -0.4 is 10.0 Å². The molecule has 0 amide bonds. The number of hydrogen-bond donors (Lipinski definition) is 0. The molecule has 1 atom stereocenters. The summed E-state index contributed by atoms with van der Waals surface area (Å²) in [5, 5.41) is 0.311. The summed E-state index contributed by atoms with van der Waals surface area (Å²) in [5.41, 5.74) is -0.392. The number of anilines is 2. The lowest BCUT2D eigenvalue weighted by molar-refractivity contribution is -0.146. The van der Waals surface area contributed by atoms with Gasteiger partial charge in [0.25, 0.3) is 0 Å². The number of fused-ring (bicyclic) bond motifs is 1. The Morgan fingerprint density at radius 3 is 2.65 bits per heavy atom. The summed E-state index contributed by atoms with van der Waals surface area (Å²) >= 11 is 11.8. The van der Waals surface area contributed by atoms with Crippen LogP contribution in [-0.4, -0.2) is 41.6 Å². The second-order valence-corrected chi connectivity index (χ2v) is 6.17. The van der Waals surface area contributed by atoms with Gasteiger partial charge < -0.3 is 9.64 Å². The lowest BCUT2D eigenvalue weighted by atomic mass is 9.96. The molecule has 0 aliphatic carbocycles. The summed E-state index contributed by atoms with van der Waals surface area (Å²) in [4.78, 5) is 21.7. The normalized spacial score (nSPS) is 21.3. The number of esters is 1. The van der Waals surface area contributed by atoms with E-state index in [1.165, 1.54) is 13.2 Å². The molecule has 2 aliphatic heterocycles. The number of carbonyl (C=O) groups excluding carboxylic acids is 1. The molecule has 124 valence electrons. The quantitative estimate of drug-likeness (QED) is 0.265. The van der Waals surface area contributed by atoms with Gasteiger partial charge in [0.05, 0.1) is 18.6 Å². The van der Waals surface area contributed by atoms with Crippen molar-refractivity contribution in [3.63, 3.8) is 0 Å². The van der Waals surface area contributed by atoms with Crippen LogP contribution in [-0.2, 0) is 9.53 Å². The molecule has 9 heteroatoms. The highest BCUT2D eigenvalue weighted by Gasteiger charge is 2.31. The third kappa shape index (κ3) is 3.07. The smallest absolute Gasteiger partial charge is 0.308 e. The third-order valence-corrected chi connectivity index (χ3v) is 4.53. The van der Waals surface area contributed by atoms with Crippen LogP contribution >= 0.6 is 23.2 Å². The first kappa shape index (κ1) is 16.3. The summed E-state index contributed by atoms with van der Waals surface area (Å²) in [6.45, 7) is 1.20. The molecular weight excluding hydrogens is 346 g/mol. The van der Waals surface area contributed by atoms with Crippen molar-refractivity contribution in [2.24, 2.45) is 5.92 Å². The number of rotatable bonds is 2. The number of halogens is 3. The monoisotopic (exact) mass is 360 g/mol. The second-order valence-electron chi connectivity index (χ2n) is 5.38. The van der Waals surface area contributed by atoms with Gasteiger partial charge in [0.15, 0.2) is 11.3 Å². The fourth-order valence-corrected chi connectivity index (χ4v) is 3.16. The molecule has 1 aromatic heterocycles. The van der Waals surface area contributed by atoms with E-state index in [1.807, 2.05) is 4.90 Å². The van der Waals surface area contributed by atoms with E-state index in [2.05, 4.69) is 9.97 Å². The molecular formula is C14H15Cl2FN4O2. The Hall–Kier alpha value is -1.60. The molecule has 0 spiro atoms. The van der Waals surface area contributed by atoms with Crippen molar-refractivity contribution in [1.29, 1.82) is 0 Å². The molecule has 3 rings (SSSR count). The van der Waals surface area contributed by atoms with Crippen LogP contribution in [0.1, 0.15) is 18.4 Å². The SMILES string of the molecule is COC(=O)C1CCN(c2nc(Cl)nc3c2C=CC(Cl)N3F)CC1. The molecule has 23 heavy (non-hydrogen) atoms. The Morgan fingerprint density at radius 1 is 1.35 bits per heavy atom. The minimum Gasteiger partial charge on any atom is -0.469 e. The highest BCUT2D eigenvalue weighted by atomic mass is 35.5. The molecule has 1 fully saturated rings. The molecule has 6 nitrogen and oxygen atoms in total. The maximum atomic E-state index is 14.1. The van der Waals surface area contributed by atoms with E-state index < -0.39 is 5.50 Å². The molecule has 0 aromatic carbocycles. The lowest BCUT2D eigenvalue weighted by Gasteiger charge is -2.33. The number of aromatic nitrogens is 2. The molecule has 0 N–H and O–H groups in total. The molecule has 0 saturated carbocycles. The number of alkyl halides is 1. The predicted octanol–water partition coefficient (Wildman–Crippen LogP) is 2.80. The van der Waals surface area contributed by atoms with Crippen molar-refractivity contribution < 1.29 is 14.0 Å². The van der Waals surface area contributed by atoms with Gasteiger partial charge in [0.1, 0.15) is 5.82 Å². The lowest BCUT2D eigenvalue weighted by Crippen LogP contribution is -2.38. The first-order valence-corrected chi connectivity index (χ1v) is 8.00. The summed E-state index contributed by atoms with van der Waals surface area (Å²) in [6.07, 6.45) is 4.50. The first-order chi connectivity index (χ1) is 11.0. The van der Waals surface area contributed by atoms with Crippen molar-refractivity contribution in [2.75, 3.05) is 30.2 Å². The standard InChI is InChI=1S/C14H15Cl2FN4O2/c1-23-13(22)8-4-6-20(7-5-8)11-9-2-3-10(15)21(17)12(9)19-14(16)18-11/h2-3,8,10H,4-7H2,1H3. The Balaban J connectivity index is 1.87. The maximum Gasteiger partial charge on any atom is 0.308 e. The molecule has 1 saturated heterocycles. The van der Waals surface area contributed by atoms with Crippen LogP contribution in [0.15, 0.2) is 6.08 Å². The van der Waals surface area contributed by atoms with Crippen molar-refractivity contribution in [3.8, 4) is 0 Å². The summed E-state index contributed by atoms with van der Waals surface area (Å²) in [5.74, 6) is 0.278. The van der Waals surface area contributed by atoms with Gasteiger partial charge in [-0.05, 0) is 36.6 Å². The van der Waals surface area contributed by atoms with Gasteiger partial charge in [-0.15, -0.1) is 0 Å². The average molecular weight is 361 g/mol. The van der Waals surface area contributed by atoms with Gasteiger partial charge in [-0.25, -0.2) is 0 Å². The van der Waals surface area contributed by atoms with Crippen LogP contribution in [0, 0.1) is 5.92 Å². The van der Waals surface area contributed by atoms with Gasteiger partial charge in [-0.1, -0.05) is 16.1 Å². The zero-order valence-corrected chi connectivity index (χ0v) is 13.9. The van der Waals surface area contributed by atoms with Crippen molar-refractivity contribution in [3.05, 3.63) is 16.9 Å². The van der Waals surface area contributed by atoms with Gasteiger partial charge in [-0.3, -0.25) is 4.79 Å². The van der Waals surface area contributed by atoms with Crippen molar-refractivity contribution in [2.45, 2.75) is 18.3 Å². The van der Waals surface area contributed by atoms with Gasteiger partial charge in [0.2, 0.25) is 5.28 Å². The fourth-order valence-electron chi connectivity index (χ4n) is 2.83. The number of methoxy groups -OCH3 is 1. The Bertz CT molecular complexity index is 650. The third-order valence-electron chi connectivity index (χ3n) is 4.05. The number of piperidine rings is 1. The molecule has 1 aromatic rings. The highest BCUT2D eigenvalue weighted by Crippen LogP contribution is 2.37. The van der Waals surface area contributed by atoms with Crippen molar-refractivity contribution >= 4 is 46.9 Å². The number of hydrogen-bond acceptors (Lipinski definition) is 6. The van der Waals surface area contributed by atoms with E-state index in [-0.39, 0.29) is 23.0 Å². The van der Waals surface area contributed by atoms with Crippen LogP contribution in [0.2, 0.25) is 5.28 Å². The zero-order valence-electron chi connectivity index (χ0n) is 12.4. The fraction of sp³-hybridized carbons (Fsp3) is 0.500. The minimum atomic E-state index is -0.925. The van der Waals surface area contributed by atoms with Gasteiger partial charge in [0, 0.05) is 13.1 Å². The summed E-state index contributed by atoms with van der Waals surface area (Å²) in [7, 11) is 1.39. The van der Waals surface area contributed by atoms with Crippen LogP contribution in [0.25, 0.3) is 6.08 Å². The van der Waals surface area contributed by atoms with Gasteiger partial charge in [-0.2, -0.15) is 15.1 Å². The van der Waals surface area contributed by atoms with E-state index in [1.54, 1.807) is 6.08 Å². The number of nitrogens with zero attached hydrogens (tertiary/aromatic N) is 4. The summed E-state index contributed by atoms with van der Waals surface area (Å²) in [6, 6.07) is 0. The molecule has 0 radical (unpaired) electrons. The predicted molar refractivity (Wildman–Crippen MR) is 86.3 cm³/mol. The Morgan fingerprint density at radius 2 is 2.00 bits per heavy atom. The summed E-state index contributed by atoms with van der Waals surface area (Å²) < 4.78 is 18.9. The maximum absolute atomic E-state index is 14.1. The zero-order chi connectivity index (χ0) is 16.6. The Labute approximate surface area is 142 Å². The molecule has 1 unspecified atom stereocenters. The van der Waals surface area contributed by atoms with E-state index in [0.29, 0.717) is 42.4 Å². The van der Waals surface area contributed by atoms with Crippen LogP contribution in [0.3, 0.4) is 0 Å². The van der Waals surface area contributed by atoms with Crippen LogP contribution in [0.4, 0.5) is 16.1 Å². The highest BCUT2D eigenvalue weighted by molar-refractivity contribution is 6.28. The Kier molecular flexibility index (Phi) is 4.59. The van der Waals surface area contributed by atoms with Gasteiger partial charge >= 0.3 is 5.97 Å². The second kappa shape index (κ2) is 6.49. The largest absolute Gasteiger partial charge is 0.469 e. The van der Waals surface area contributed by atoms with E-state index in [4.69, 9.17) is 27.9 Å².